The molecular weight excluding hydrogens is 388 g/mol. The molecule has 0 atom stereocenters. The molecule has 2 aromatic carbocycles. The normalized spacial score (nSPS) is 14.0. The summed E-state index contributed by atoms with van der Waals surface area (Å²) in [4.78, 5) is 26.6. The molecule has 2 heterocycles. The molecule has 0 saturated carbocycles. The number of rotatable bonds is 6. The zero-order valence-electron chi connectivity index (χ0n) is 18.1. The zero-order valence-corrected chi connectivity index (χ0v) is 18.1. The molecule has 1 N–H and O–H groups in total. The lowest BCUT2D eigenvalue weighted by Crippen LogP contribution is -2.35. The Bertz CT molecular complexity index is 1070. The van der Waals surface area contributed by atoms with E-state index >= 15 is 0 Å². The first kappa shape index (κ1) is 20.8. The maximum atomic E-state index is 12.7. The van der Waals surface area contributed by atoms with E-state index in [9.17, 15) is 9.59 Å². The second-order valence-electron chi connectivity index (χ2n) is 8.02. The molecule has 0 radical (unpaired) electrons. The average molecular weight is 417 g/mol. The van der Waals surface area contributed by atoms with E-state index in [1.807, 2.05) is 48.9 Å². The van der Waals surface area contributed by atoms with Gasteiger partial charge in [0.1, 0.15) is 0 Å². The molecule has 1 saturated heterocycles. The van der Waals surface area contributed by atoms with Crippen LogP contribution in [-0.4, -0.2) is 28.1 Å². The van der Waals surface area contributed by atoms with Crippen molar-refractivity contribution in [3.8, 4) is 0 Å². The third-order valence-electron chi connectivity index (χ3n) is 5.90. The summed E-state index contributed by atoms with van der Waals surface area (Å²) in [5.74, 6) is 0.0213. The molecule has 1 aromatic heterocycles. The van der Waals surface area contributed by atoms with Crippen LogP contribution in [0.4, 0.5) is 5.69 Å². The van der Waals surface area contributed by atoms with Gasteiger partial charge in [-0.1, -0.05) is 30.3 Å². The van der Waals surface area contributed by atoms with Crippen molar-refractivity contribution in [2.75, 3.05) is 11.4 Å². The monoisotopic (exact) mass is 416 g/mol. The fourth-order valence-corrected chi connectivity index (χ4v) is 4.04. The van der Waals surface area contributed by atoms with Gasteiger partial charge in [-0.2, -0.15) is 5.10 Å². The Balaban J connectivity index is 1.40. The summed E-state index contributed by atoms with van der Waals surface area (Å²) < 4.78 is 1.98. The highest BCUT2D eigenvalue weighted by Crippen LogP contribution is 2.21. The summed E-state index contributed by atoms with van der Waals surface area (Å²) in [6.07, 6.45) is 2.57. The van der Waals surface area contributed by atoms with Gasteiger partial charge in [-0.15, -0.1) is 0 Å². The summed E-state index contributed by atoms with van der Waals surface area (Å²) in [5.41, 5.74) is 5.65. The van der Waals surface area contributed by atoms with Crippen LogP contribution in [0, 0.1) is 13.8 Å². The highest BCUT2D eigenvalue weighted by atomic mass is 16.2. The van der Waals surface area contributed by atoms with Gasteiger partial charge in [0, 0.05) is 42.0 Å². The maximum Gasteiger partial charge on any atom is 0.251 e. The number of hydrogen-bond donors (Lipinski definition) is 1. The smallest absolute Gasteiger partial charge is 0.251 e. The molecule has 0 spiro atoms. The molecule has 160 valence electrons. The number of piperidine rings is 1. The van der Waals surface area contributed by atoms with Crippen LogP contribution in [0.15, 0.2) is 54.6 Å². The molecule has 1 aliphatic heterocycles. The Morgan fingerprint density at radius 1 is 1.03 bits per heavy atom. The highest BCUT2D eigenvalue weighted by molar-refractivity contribution is 5.96. The lowest BCUT2D eigenvalue weighted by atomic mass is 10.1. The topological polar surface area (TPSA) is 67.2 Å². The Morgan fingerprint density at radius 3 is 2.48 bits per heavy atom. The van der Waals surface area contributed by atoms with Crippen molar-refractivity contribution in [1.29, 1.82) is 0 Å². The van der Waals surface area contributed by atoms with Gasteiger partial charge in [-0.3, -0.25) is 14.3 Å². The number of hydrogen-bond acceptors (Lipinski definition) is 3. The van der Waals surface area contributed by atoms with Crippen molar-refractivity contribution in [2.24, 2.45) is 0 Å². The molecule has 6 heteroatoms. The standard InChI is InChI=1S/C25H28N4O2/c1-18-23(19(2)29(27-18)17-20-8-4-3-5-9-20)16-26-25(31)21-11-13-22(14-12-21)28-15-7-6-10-24(28)30/h3-5,8-9,11-14H,6-7,10,15-17H2,1-2H3,(H,26,31). The van der Waals surface area contributed by atoms with Crippen molar-refractivity contribution >= 4 is 17.5 Å². The first-order valence-electron chi connectivity index (χ1n) is 10.8. The summed E-state index contributed by atoms with van der Waals surface area (Å²) in [7, 11) is 0. The minimum atomic E-state index is -0.133. The SMILES string of the molecule is Cc1nn(Cc2ccccc2)c(C)c1CNC(=O)c1ccc(N2CCCCC2=O)cc1. The van der Waals surface area contributed by atoms with Crippen LogP contribution < -0.4 is 10.2 Å². The van der Waals surface area contributed by atoms with Crippen molar-refractivity contribution in [2.45, 2.75) is 46.2 Å². The fraction of sp³-hybridized carbons (Fsp3) is 0.320. The number of carbonyl (C=O) groups excluding carboxylic acids is 2. The van der Waals surface area contributed by atoms with E-state index in [2.05, 4.69) is 22.5 Å². The van der Waals surface area contributed by atoms with Gasteiger partial charge >= 0.3 is 0 Å². The first-order chi connectivity index (χ1) is 15.0. The third kappa shape index (κ3) is 4.68. The minimum Gasteiger partial charge on any atom is -0.348 e. The van der Waals surface area contributed by atoms with Gasteiger partial charge in [0.05, 0.1) is 12.2 Å². The zero-order chi connectivity index (χ0) is 21.8. The molecule has 1 aliphatic rings. The van der Waals surface area contributed by atoms with Gasteiger partial charge in [-0.25, -0.2) is 0 Å². The number of benzene rings is 2. The van der Waals surface area contributed by atoms with Crippen molar-refractivity contribution in [1.82, 2.24) is 15.1 Å². The van der Waals surface area contributed by atoms with Crippen molar-refractivity contribution < 1.29 is 9.59 Å². The van der Waals surface area contributed by atoms with Crippen LogP contribution in [0.5, 0.6) is 0 Å². The summed E-state index contributed by atoms with van der Waals surface area (Å²) in [6.45, 7) is 5.89. The van der Waals surface area contributed by atoms with Crippen LogP contribution in [-0.2, 0) is 17.9 Å². The summed E-state index contributed by atoms with van der Waals surface area (Å²) >= 11 is 0. The highest BCUT2D eigenvalue weighted by Gasteiger charge is 2.20. The molecule has 2 amide bonds. The molecule has 0 unspecified atom stereocenters. The fourth-order valence-electron chi connectivity index (χ4n) is 4.04. The van der Waals surface area contributed by atoms with E-state index in [0.717, 1.165) is 42.0 Å². The Hall–Kier alpha value is -3.41. The van der Waals surface area contributed by atoms with E-state index in [1.165, 1.54) is 5.56 Å². The second kappa shape index (κ2) is 9.16. The van der Waals surface area contributed by atoms with Crippen LogP contribution in [0.3, 0.4) is 0 Å². The molecule has 31 heavy (non-hydrogen) atoms. The first-order valence-corrected chi connectivity index (χ1v) is 10.8. The van der Waals surface area contributed by atoms with Crippen LogP contribution in [0.1, 0.15) is 52.1 Å². The molecule has 0 bridgehead atoms. The Labute approximate surface area is 182 Å². The van der Waals surface area contributed by atoms with Gasteiger partial charge in [0.25, 0.3) is 5.91 Å². The number of nitrogens with zero attached hydrogens (tertiary/aromatic N) is 3. The Morgan fingerprint density at radius 2 is 1.77 bits per heavy atom. The lowest BCUT2D eigenvalue weighted by Gasteiger charge is -2.26. The minimum absolute atomic E-state index is 0.133. The second-order valence-corrected chi connectivity index (χ2v) is 8.02. The van der Waals surface area contributed by atoms with Crippen LogP contribution in [0.2, 0.25) is 0 Å². The summed E-state index contributed by atoms with van der Waals surface area (Å²) in [5, 5.41) is 7.66. The van der Waals surface area contributed by atoms with Crippen molar-refractivity contribution in [3.05, 3.63) is 82.7 Å². The average Bonchev–Trinajstić information content (AvgIpc) is 3.05. The van der Waals surface area contributed by atoms with E-state index in [0.29, 0.717) is 25.1 Å². The number of aromatic nitrogens is 2. The maximum absolute atomic E-state index is 12.7. The molecule has 1 fully saturated rings. The molecule has 0 aliphatic carbocycles. The number of carbonyl (C=O) groups is 2. The van der Waals surface area contributed by atoms with Crippen LogP contribution >= 0.6 is 0 Å². The predicted molar refractivity (Wildman–Crippen MR) is 121 cm³/mol. The Kier molecular flexibility index (Phi) is 6.16. The lowest BCUT2D eigenvalue weighted by molar-refractivity contribution is -0.119. The van der Waals surface area contributed by atoms with Gasteiger partial charge in [0.15, 0.2) is 0 Å². The third-order valence-corrected chi connectivity index (χ3v) is 5.90. The largest absolute Gasteiger partial charge is 0.348 e. The van der Waals surface area contributed by atoms with E-state index in [1.54, 1.807) is 17.0 Å². The molecule has 6 nitrogen and oxygen atoms in total. The molecular formula is C25H28N4O2. The number of nitrogens with one attached hydrogen (secondary N) is 1. The number of anilines is 1. The van der Waals surface area contributed by atoms with E-state index < -0.39 is 0 Å². The molecule has 3 aromatic rings. The van der Waals surface area contributed by atoms with Gasteiger partial charge in [-0.05, 0) is 56.5 Å². The van der Waals surface area contributed by atoms with Gasteiger partial charge in [0.2, 0.25) is 5.91 Å². The van der Waals surface area contributed by atoms with Crippen LogP contribution in [0.25, 0.3) is 0 Å². The summed E-state index contributed by atoms with van der Waals surface area (Å²) in [6, 6.07) is 17.5. The number of amides is 2. The quantitative estimate of drug-likeness (QED) is 0.661. The van der Waals surface area contributed by atoms with E-state index in [4.69, 9.17) is 0 Å². The van der Waals surface area contributed by atoms with E-state index in [-0.39, 0.29) is 11.8 Å². The predicted octanol–water partition coefficient (Wildman–Crippen LogP) is 4.00. The molecule has 4 rings (SSSR count). The van der Waals surface area contributed by atoms with Crippen molar-refractivity contribution in [3.63, 3.8) is 0 Å². The number of aryl methyl sites for hydroxylation is 1. The van der Waals surface area contributed by atoms with Gasteiger partial charge < -0.3 is 10.2 Å².